The Balaban J connectivity index is 1.75. The summed E-state index contributed by atoms with van der Waals surface area (Å²) in [6.07, 6.45) is 3.41. The van der Waals surface area contributed by atoms with E-state index < -0.39 is 0 Å². The number of hydrogen-bond donors (Lipinski definition) is 0. The number of allylic oxidation sites excluding steroid dienone is 2. The molecule has 4 nitrogen and oxygen atoms in total. The number of carbonyl (C=O) groups excluding carboxylic acids is 2. The molecule has 1 aromatic carbocycles. The molecule has 110 valence electrons. The summed E-state index contributed by atoms with van der Waals surface area (Å²) < 4.78 is 0. The summed E-state index contributed by atoms with van der Waals surface area (Å²) >= 11 is 0. The number of fused-ring (bicyclic) bond motifs is 2. The van der Waals surface area contributed by atoms with Gasteiger partial charge in [0.05, 0.1) is 17.4 Å². The van der Waals surface area contributed by atoms with Crippen LogP contribution in [0.4, 0.5) is 5.82 Å². The van der Waals surface area contributed by atoms with Gasteiger partial charge in [-0.05, 0) is 38.0 Å². The van der Waals surface area contributed by atoms with E-state index >= 15 is 0 Å². The maximum absolute atomic E-state index is 12.7. The Hall–Kier alpha value is -2.49. The van der Waals surface area contributed by atoms with Gasteiger partial charge in [-0.25, -0.2) is 9.88 Å². The Labute approximate surface area is 128 Å². The summed E-state index contributed by atoms with van der Waals surface area (Å²) in [5.74, 6) is -0.206. The van der Waals surface area contributed by atoms with Crippen LogP contribution < -0.4 is 4.90 Å². The average Bonchev–Trinajstić information content (AvgIpc) is 2.78. The normalized spacial score (nSPS) is 24.6. The first-order valence-corrected chi connectivity index (χ1v) is 7.54. The fraction of sp³-hybridized carbons (Fsp3) is 0.278. The zero-order valence-corrected chi connectivity index (χ0v) is 12.3. The van der Waals surface area contributed by atoms with Gasteiger partial charge in [0.15, 0.2) is 0 Å². The van der Waals surface area contributed by atoms with E-state index in [1.54, 1.807) is 6.07 Å². The van der Waals surface area contributed by atoms with Crippen LogP contribution >= 0.6 is 0 Å². The number of anilines is 1. The van der Waals surface area contributed by atoms with Crippen molar-refractivity contribution in [2.45, 2.75) is 19.8 Å². The highest BCUT2D eigenvalue weighted by atomic mass is 16.2. The smallest absolute Gasteiger partial charge is 0.239 e. The van der Waals surface area contributed by atoms with Gasteiger partial charge in [0.2, 0.25) is 11.8 Å². The molecule has 0 N–H and O–H groups in total. The first-order chi connectivity index (χ1) is 10.6. The number of carbonyl (C=O) groups is 2. The van der Waals surface area contributed by atoms with E-state index in [2.05, 4.69) is 11.1 Å². The Morgan fingerprint density at radius 3 is 2.68 bits per heavy atom. The lowest BCUT2D eigenvalue weighted by molar-refractivity contribution is -0.122. The highest BCUT2D eigenvalue weighted by Gasteiger charge is 2.49. The largest absolute Gasteiger partial charge is 0.274 e. The molecule has 2 heterocycles. The standard InChI is InChI=1S/C18H16N2O2/c1-11-6-8-13-14(10-11)18(22)20(17(13)21)16-9-7-12-4-2-3-5-15(12)19-16/h2-7,9,13-14H,8,10H2,1H3/t13-,14+/m0/s1. The highest BCUT2D eigenvalue weighted by molar-refractivity contribution is 6.22. The minimum atomic E-state index is -0.218. The minimum absolute atomic E-state index is 0.106. The molecule has 2 aliphatic rings. The molecule has 0 radical (unpaired) electrons. The zero-order valence-electron chi connectivity index (χ0n) is 12.3. The predicted molar refractivity (Wildman–Crippen MR) is 84.2 cm³/mol. The molecule has 2 atom stereocenters. The van der Waals surface area contributed by atoms with E-state index in [1.807, 2.05) is 37.3 Å². The van der Waals surface area contributed by atoms with Gasteiger partial charge in [-0.2, -0.15) is 0 Å². The molecule has 1 aliphatic heterocycles. The van der Waals surface area contributed by atoms with Crippen molar-refractivity contribution in [3.05, 3.63) is 48.0 Å². The molecule has 4 heteroatoms. The molecule has 0 spiro atoms. The molecular formula is C18H16N2O2. The lowest BCUT2D eigenvalue weighted by atomic mass is 9.82. The number of nitrogens with zero attached hydrogens (tertiary/aromatic N) is 2. The second-order valence-corrected chi connectivity index (χ2v) is 6.08. The van der Waals surface area contributed by atoms with Crippen molar-refractivity contribution in [2.24, 2.45) is 11.8 Å². The fourth-order valence-electron chi connectivity index (χ4n) is 3.44. The Morgan fingerprint density at radius 2 is 1.82 bits per heavy atom. The summed E-state index contributed by atoms with van der Waals surface area (Å²) in [4.78, 5) is 31.1. The number of amides is 2. The molecule has 1 saturated heterocycles. The van der Waals surface area contributed by atoms with Gasteiger partial charge < -0.3 is 0 Å². The van der Waals surface area contributed by atoms with E-state index in [1.165, 1.54) is 10.5 Å². The molecule has 0 unspecified atom stereocenters. The van der Waals surface area contributed by atoms with Gasteiger partial charge in [-0.1, -0.05) is 29.8 Å². The number of pyridine rings is 1. The van der Waals surface area contributed by atoms with Gasteiger partial charge in [0, 0.05) is 5.39 Å². The topological polar surface area (TPSA) is 50.3 Å². The van der Waals surface area contributed by atoms with Crippen LogP contribution in [-0.2, 0) is 9.59 Å². The van der Waals surface area contributed by atoms with Crippen LogP contribution in [0.15, 0.2) is 48.0 Å². The van der Waals surface area contributed by atoms with Crippen LogP contribution in [0.3, 0.4) is 0 Å². The van der Waals surface area contributed by atoms with E-state index in [0.717, 1.165) is 10.9 Å². The summed E-state index contributed by atoms with van der Waals surface area (Å²) in [7, 11) is 0. The molecular weight excluding hydrogens is 276 g/mol. The van der Waals surface area contributed by atoms with Crippen molar-refractivity contribution in [3.8, 4) is 0 Å². The van der Waals surface area contributed by atoms with Crippen molar-refractivity contribution in [1.82, 2.24) is 4.98 Å². The first-order valence-electron chi connectivity index (χ1n) is 7.54. The number of para-hydroxylation sites is 1. The summed E-state index contributed by atoms with van der Waals surface area (Å²) in [6.45, 7) is 2.02. The third-order valence-electron chi connectivity index (χ3n) is 4.64. The third kappa shape index (κ3) is 1.87. The molecule has 4 rings (SSSR count). The van der Waals surface area contributed by atoms with Crippen molar-refractivity contribution in [1.29, 1.82) is 0 Å². The van der Waals surface area contributed by atoms with Crippen molar-refractivity contribution < 1.29 is 9.59 Å². The minimum Gasteiger partial charge on any atom is -0.274 e. The van der Waals surface area contributed by atoms with E-state index in [4.69, 9.17) is 0 Å². The first kappa shape index (κ1) is 13.2. The van der Waals surface area contributed by atoms with Gasteiger partial charge in [0.1, 0.15) is 5.82 Å². The van der Waals surface area contributed by atoms with Crippen molar-refractivity contribution in [2.75, 3.05) is 4.90 Å². The number of benzene rings is 1. The summed E-state index contributed by atoms with van der Waals surface area (Å²) in [6, 6.07) is 11.4. The second-order valence-electron chi connectivity index (χ2n) is 6.08. The Morgan fingerprint density at radius 1 is 1.05 bits per heavy atom. The number of aromatic nitrogens is 1. The van der Waals surface area contributed by atoms with Crippen LogP contribution in [0.25, 0.3) is 10.9 Å². The quantitative estimate of drug-likeness (QED) is 0.599. The predicted octanol–water partition coefficient (Wildman–Crippen LogP) is 3.08. The van der Waals surface area contributed by atoms with Gasteiger partial charge in [-0.15, -0.1) is 0 Å². The maximum Gasteiger partial charge on any atom is 0.239 e. The molecule has 2 amide bonds. The van der Waals surface area contributed by atoms with E-state index in [0.29, 0.717) is 18.7 Å². The van der Waals surface area contributed by atoms with Gasteiger partial charge in [0.25, 0.3) is 0 Å². The van der Waals surface area contributed by atoms with Crippen LogP contribution in [-0.4, -0.2) is 16.8 Å². The molecule has 22 heavy (non-hydrogen) atoms. The van der Waals surface area contributed by atoms with Crippen LogP contribution in [0.5, 0.6) is 0 Å². The molecule has 0 saturated carbocycles. The Bertz CT molecular complexity index is 825. The van der Waals surface area contributed by atoms with Gasteiger partial charge in [-0.3, -0.25) is 9.59 Å². The van der Waals surface area contributed by atoms with Crippen LogP contribution in [0.1, 0.15) is 19.8 Å². The van der Waals surface area contributed by atoms with E-state index in [-0.39, 0.29) is 23.7 Å². The summed E-state index contributed by atoms with van der Waals surface area (Å²) in [5.41, 5.74) is 1.99. The average molecular weight is 292 g/mol. The number of hydrogen-bond acceptors (Lipinski definition) is 3. The van der Waals surface area contributed by atoms with Gasteiger partial charge >= 0.3 is 0 Å². The lowest BCUT2D eigenvalue weighted by Crippen LogP contribution is -2.31. The Kier molecular flexibility index (Phi) is 2.86. The number of imide groups is 1. The molecule has 2 aromatic rings. The molecule has 0 bridgehead atoms. The number of rotatable bonds is 1. The third-order valence-corrected chi connectivity index (χ3v) is 4.64. The lowest BCUT2D eigenvalue weighted by Gasteiger charge is -2.18. The highest BCUT2D eigenvalue weighted by Crippen LogP contribution is 2.39. The van der Waals surface area contributed by atoms with Crippen LogP contribution in [0, 0.1) is 11.8 Å². The monoisotopic (exact) mass is 292 g/mol. The van der Waals surface area contributed by atoms with E-state index in [9.17, 15) is 9.59 Å². The summed E-state index contributed by atoms with van der Waals surface area (Å²) in [5, 5.41) is 1.00. The fourth-order valence-corrected chi connectivity index (χ4v) is 3.44. The molecule has 1 aliphatic carbocycles. The molecule has 1 aromatic heterocycles. The SMILES string of the molecule is CC1=CC[C@@H]2C(=O)N(c3ccc4ccccc4n3)C(=O)[C@@H]2C1. The van der Waals surface area contributed by atoms with Crippen molar-refractivity contribution >= 4 is 28.5 Å². The molecule has 1 fully saturated rings. The zero-order chi connectivity index (χ0) is 15.3. The second kappa shape index (κ2) is 4.77. The van der Waals surface area contributed by atoms with Crippen LogP contribution in [0.2, 0.25) is 0 Å². The maximum atomic E-state index is 12.7. The van der Waals surface area contributed by atoms with Crippen molar-refractivity contribution in [3.63, 3.8) is 0 Å².